The molecule has 1 fully saturated rings. The first-order valence-electron chi connectivity index (χ1n) is 9.18. The topological polar surface area (TPSA) is 49.4 Å². The van der Waals surface area contributed by atoms with Crippen LogP contribution in [0.15, 0.2) is 39.9 Å². The van der Waals surface area contributed by atoms with Gasteiger partial charge in [0, 0.05) is 42.4 Å². The summed E-state index contributed by atoms with van der Waals surface area (Å²) >= 11 is 1.63. The van der Waals surface area contributed by atoms with E-state index in [-0.39, 0.29) is 23.5 Å². The van der Waals surface area contributed by atoms with E-state index in [1.165, 1.54) is 6.42 Å². The van der Waals surface area contributed by atoms with Crippen molar-refractivity contribution in [3.8, 4) is 0 Å². The Kier molecular flexibility index (Phi) is 4.50. The molecule has 1 amide bonds. The molecule has 1 aliphatic carbocycles. The zero-order valence-electron chi connectivity index (χ0n) is 14.6. The minimum atomic E-state index is -0.240. The molecule has 2 aliphatic heterocycles. The van der Waals surface area contributed by atoms with E-state index in [2.05, 4.69) is 22.8 Å². The predicted molar refractivity (Wildman–Crippen MR) is 99.1 cm³/mol. The number of rotatable bonds is 2. The van der Waals surface area contributed by atoms with Crippen LogP contribution in [-0.2, 0) is 9.59 Å². The summed E-state index contributed by atoms with van der Waals surface area (Å²) in [7, 11) is 0. The van der Waals surface area contributed by atoms with Crippen LogP contribution in [0, 0.1) is 5.92 Å². The van der Waals surface area contributed by atoms with Gasteiger partial charge in [0.05, 0.1) is 5.92 Å². The van der Waals surface area contributed by atoms with E-state index in [9.17, 15) is 9.59 Å². The first-order valence-corrected chi connectivity index (χ1v) is 10.1. The van der Waals surface area contributed by atoms with Gasteiger partial charge in [-0.25, -0.2) is 0 Å². The van der Waals surface area contributed by atoms with Crippen molar-refractivity contribution < 1.29 is 9.59 Å². The van der Waals surface area contributed by atoms with Crippen LogP contribution in [-0.4, -0.2) is 29.7 Å². The van der Waals surface area contributed by atoms with Gasteiger partial charge >= 0.3 is 0 Å². The van der Waals surface area contributed by atoms with Crippen LogP contribution in [0.4, 0.5) is 0 Å². The molecule has 0 spiro atoms. The number of allylic oxidation sites excluding steroid dienone is 3. The van der Waals surface area contributed by atoms with Crippen LogP contribution in [0.2, 0.25) is 0 Å². The summed E-state index contributed by atoms with van der Waals surface area (Å²) in [5.41, 5.74) is 3.78. The van der Waals surface area contributed by atoms with E-state index < -0.39 is 0 Å². The Bertz CT molecular complexity index is 742. The Balaban J connectivity index is 1.78. The number of fused-ring (bicyclic) bond motifs is 1. The van der Waals surface area contributed by atoms with Crippen molar-refractivity contribution in [2.24, 2.45) is 5.92 Å². The highest BCUT2D eigenvalue weighted by atomic mass is 32.1. The number of likely N-dealkylation sites (tertiary alicyclic amines) is 1. The first-order chi connectivity index (χ1) is 12.2. The summed E-state index contributed by atoms with van der Waals surface area (Å²) in [6.45, 7) is 3.63. The summed E-state index contributed by atoms with van der Waals surface area (Å²) < 4.78 is 0. The molecule has 1 aromatic rings. The van der Waals surface area contributed by atoms with E-state index in [4.69, 9.17) is 0 Å². The summed E-state index contributed by atoms with van der Waals surface area (Å²) in [6, 6.07) is 2.07. The van der Waals surface area contributed by atoms with Crippen molar-refractivity contribution in [1.82, 2.24) is 10.2 Å². The molecule has 0 aromatic carbocycles. The molecule has 0 saturated carbocycles. The average Bonchev–Trinajstić information content (AvgIpc) is 3.15. The zero-order valence-corrected chi connectivity index (χ0v) is 15.4. The standard InChI is InChI=1S/C20H24N2O2S/c1-13-17(20(24)22-9-3-2-4-10-22)18(14-8-11-25-12-14)19-15(21-13)6-5-7-16(19)23/h6,8,11-12,18-19,21H,2-5,7,9-10H2,1H3. The fraction of sp³-hybridized carbons (Fsp3) is 0.500. The zero-order chi connectivity index (χ0) is 17.4. The third kappa shape index (κ3) is 2.95. The maximum absolute atomic E-state index is 13.4. The van der Waals surface area contributed by atoms with Crippen LogP contribution in [0.25, 0.3) is 0 Å². The molecule has 4 rings (SSSR count). The van der Waals surface area contributed by atoms with Crippen LogP contribution in [0.1, 0.15) is 50.5 Å². The van der Waals surface area contributed by atoms with Gasteiger partial charge in [0.1, 0.15) is 5.78 Å². The number of amides is 1. The summed E-state index contributed by atoms with van der Waals surface area (Å²) in [6.07, 6.45) is 6.83. The van der Waals surface area contributed by atoms with Crippen molar-refractivity contribution in [2.45, 2.75) is 44.9 Å². The molecule has 3 aliphatic rings. The molecule has 132 valence electrons. The second-order valence-electron chi connectivity index (χ2n) is 7.19. The van der Waals surface area contributed by atoms with Crippen molar-refractivity contribution in [3.05, 3.63) is 45.4 Å². The fourth-order valence-electron chi connectivity index (χ4n) is 4.38. The molecular weight excluding hydrogens is 332 g/mol. The summed E-state index contributed by atoms with van der Waals surface area (Å²) in [4.78, 5) is 28.1. The minimum Gasteiger partial charge on any atom is -0.362 e. The smallest absolute Gasteiger partial charge is 0.252 e. The largest absolute Gasteiger partial charge is 0.362 e. The quantitative estimate of drug-likeness (QED) is 0.881. The predicted octanol–water partition coefficient (Wildman–Crippen LogP) is 3.58. The van der Waals surface area contributed by atoms with Crippen LogP contribution in [0.5, 0.6) is 0 Å². The number of ketones is 1. The Labute approximate surface area is 152 Å². The Morgan fingerprint density at radius 1 is 1.24 bits per heavy atom. The molecule has 3 heterocycles. The second-order valence-corrected chi connectivity index (χ2v) is 7.97. The van der Waals surface area contributed by atoms with Crippen LogP contribution in [0.3, 0.4) is 0 Å². The minimum absolute atomic E-state index is 0.110. The molecule has 0 radical (unpaired) electrons. The highest BCUT2D eigenvalue weighted by molar-refractivity contribution is 7.08. The maximum atomic E-state index is 13.4. The average molecular weight is 356 g/mol. The van der Waals surface area contributed by atoms with Gasteiger partial charge < -0.3 is 10.2 Å². The Morgan fingerprint density at radius 3 is 2.76 bits per heavy atom. The van der Waals surface area contributed by atoms with Gasteiger partial charge in [-0.2, -0.15) is 11.3 Å². The molecule has 2 unspecified atom stereocenters. The molecule has 25 heavy (non-hydrogen) atoms. The molecular formula is C20H24N2O2S. The van der Waals surface area contributed by atoms with Crippen LogP contribution < -0.4 is 5.32 Å². The highest BCUT2D eigenvalue weighted by Crippen LogP contribution is 2.44. The third-order valence-corrected chi connectivity index (χ3v) is 6.29. The number of carbonyl (C=O) groups is 2. The van der Waals surface area contributed by atoms with E-state index in [1.54, 1.807) is 11.3 Å². The monoisotopic (exact) mass is 356 g/mol. The van der Waals surface area contributed by atoms with Gasteiger partial charge in [-0.3, -0.25) is 9.59 Å². The van der Waals surface area contributed by atoms with Crippen molar-refractivity contribution in [2.75, 3.05) is 13.1 Å². The van der Waals surface area contributed by atoms with E-state index in [1.807, 2.05) is 17.2 Å². The van der Waals surface area contributed by atoms with Crippen molar-refractivity contribution in [1.29, 1.82) is 0 Å². The normalized spacial score (nSPS) is 26.8. The Morgan fingerprint density at radius 2 is 2.04 bits per heavy atom. The fourth-order valence-corrected chi connectivity index (χ4v) is 5.07. The molecule has 0 bridgehead atoms. The highest BCUT2D eigenvalue weighted by Gasteiger charge is 2.43. The number of Topliss-reactive ketones (excluding diaryl/α,β-unsaturated/α-hetero) is 1. The number of carbonyl (C=O) groups excluding carboxylic acids is 2. The van der Waals surface area contributed by atoms with Gasteiger partial charge in [0.2, 0.25) is 0 Å². The summed E-state index contributed by atoms with van der Waals surface area (Å²) in [5, 5.41) is 7.51. The number of thiophene rings is 1. The van der Waals surface area contributed by atoms with Crippen molar-refractivity contribution in [3.63, 3.8) is 0 Å². The lowest BCUT2D eigenvalue weighted by Gasteiger charge is -2.40. The Hall–Kier alpha value is -1.88. The van der Waals surface area contributed by atoms with Gasteiger partial charge in [-0.1, -0.05) is 6.08 Å². The SMILES string of the molecule is CC1=C(C(=O)N2CCCCC2)C(c2ccsc2)C2C(=O)CCC=C2N1. The summed E-state index contributed by atoms with van der Waals surface area (Å²) in [5.74, 6) is -0.0345. The molecule has 1 saturated heterocycles. The van der Waals surface area contributed by atoms with E-state index in [0.717, 1.165) is 54.9 Å². The molecule has 2 atom stereocenters. The van der Waals surface area contributed by atoms with Crippen LogP contribution >= 0.6 is 11.3 Å². The number of piperidine rings is 1. The second kappa shape index (κ2) is 6.79. The maximum Gasteiger partial charge on any atom is 0.252 e. The lowest BCUT2D eigenvalue weighted by molar-refractivity contribution is -0.129. The lowest BCUT2D eigenvalue weighted by Crippen LogP contribution is -2.45. The number of nitrogens with one attached hydrogen (secondary N) is 1. The number of nitrogens with zero attached hydrogens (tertiary/aromatic N) is 1. The molecule has 1 N–H and O–H groups in total. The van der Waals surface area contributed by atoms with E-state index >= 15 is 0 Å². The van der Waals surface area contributed by atoms with Gasteiger partial charge in [-0.05, 0) is 55.0 Å². The first kappa shape index (κ1) is 16.6. The molecule has 4 nitrogen and oxygen atoms in total. The van der Waals surface area contributed by atoms with Gasteiger partial charge in [-0.15, -0.1) is 0 Å². The third-order valence-electron chi connectivity index (χ3n) is 5.59. The molecule has 1 aromatic heterocycles. The van der Waals surface area contributed by atoms with E-state index in [0.29, 0.717) is 6.42 Å². The number of hydrogen-bond donors (Lipinski definition) is 1. The lowest BCUT2D eigenvalue weighted by atomic mass is 9.71. The van der Waals surface area contributed by atoms with Crippen molar-refractivity contribution >= 4 is 23.0 Å². The number of hydrogen-bond acceptors (Lipinski definition) is 4. The van der Waals surface area contributed by atoms with Gasteiger partial charge in [0.25, 0.3) is 5.91 Å². The van der Waals surface area contributed by atoms with Gasteiger partial charge in [0.15, 0.2) is 0 Å². The molecule has 5 heteroatoms.